The third-order valence-electron chi connectivity index (χ3n) is 3.86. The summed E-state index contributed by atoms with van der Waals surface area (Å²) in [6.45, 7) is 0. The Labute approximate surface area is 128 Å². The molecule has 0 heterocycles. The van der Waals surface area contributed by atoms with E-state index in [4.69, 9.17) is 10.5 Å². The molecule has 0 aromatic heterocycles. The molecular weight excluding hydrogens is 289 g/mol. The van der Waals surface area contributed by atoms with Crippen LogP contribution in [-0.2, 0) is 4.79 Å². The van der Waals surface area contributed by atoms with Gasteiger partial charge in [-0.1, -0.05) is 12.8 Å². The van der Waals surface area contributed by atoms with Crippen LogP contribution in [0.5, 0.6) is 5.75 Å². The van der Waals surface area contributed by atoms with Gasteiger partial charge in [0.2, 0.25) is 5.91 Å². The predicted octanol–water partition coefficient (Wildman–Crippen LogP) is 2.00. The number of hydrogen-bond acceptors (Lipinski definition) is 3. The van der Waals surface area contributed by atoms with Crippen LogP contribution < -0.4 is 21.1 Å². The van der Waals surface area contributed by atoms with Crippen molar-refractivity contribution >= 4 is 17.6 Å². The number of methoxy groups -OCH3 is 1. The minimum atomic E-state index is -0.562. The first-order chi connectivity index (χ1) is 10.5. The molecular formula is C15H20FN3O3. The molecule has 0 saturated heterocycles. The standard InChI is InChI=1S/C15H20FN3O3/c1-22-13-7-6-9(8-11(13)16)18-15(21)19-12-5-3-2-4-10(12)14(17)20/h6-8,10,12H,2-5H2,1H3,(H2,17,20)(H2,18,19,21)/t10-,12-/m1/s1. The van der Waals surface area contributed by atoms with Crippen LogP contribution in [0.3, 0.4) is 0 Å². The highest BCUT2D eigenvalue weighted by atomic mass is 19.1. The molecule has 1 aromatic carbocycles. The van der Waals surface area contributed by atoms with Gasteiger partial charge in [0.05, 0.1) is 13.0 Å². The average molecular weight is 309 g/mol. The Kier molecular flexibility index (Phi) is 5.19. The number of anilines is 1. The lowest BCUT2D eigenvalue weighted by molar-refractivity contribution is -0.123. The summed E-state index contributed by atoms with van der Waals surface area (Å²) in [5.74, 6) is -1.22. The Bertz CT molecular complexity index is 565. The summed E-state index contributed by atoms with van der Waals surface area (Å²) in [4.78, 5) is 23.4. The molecule has 0 unspecified atom stereocenters. The van der Waals surface area contributed by atoms with Crippen molar-refractivity contribution in [1.82, 2.24) is 5.32 Å². The number of carbonyl (C=O) groups is 2. The highest BCUT2D eigenvalue weighted by Gasteiger charge is 2.30. The quantitative estimate of drug-likeness (QED) is 0.794. The number of hydrogen-bond donors (Lipinski definition) is 3. The molecule has 0 aliphatic heterocycles. The zero-order chi connectivity index (χ0) is 16.1. The van der Waals surface area contributed by atoms with Gasteiger partial charge in [0, 0.05) is 17.8 Å². The van der Waals surface area contributed by atoms with Crippen LogP contribution in [0.2, 0.25) is 0 Å². The van der Waals surface area contributed by atoms with E-state index in [0.29, 0.717) is 18.5 Å². The maximum atomic E-state index is 13.6. The number of carbonyl (C=O) groups excluding carboxylic acids is 2. The van der Waals surface area contributed by atoms with Crippen LogP contribution in [0.4, 0.5) is 14.9 Å². The van der Waals surface area contributed by atoms with E-state index in [0.717, 1.165) is 12.8 Å². The van der Waals surface area contributed by atoms with Crippen molar-refractivity contribution in [2.75, 3.05) is 12.4 Å². The fourth-order valence-corrected chi connectivity index (χ4v) is 2.72. The average Bonchev–Trinajstić information content (AvgIpc) is 2.47. The SMILES string of the molecule is COc1ccc(NC(=O)N[C@@H]2CCCC[C@H]2C(N)=O)cc1F. The van der Waals surface area contributed by atoms with E-state index >= 15 is 0 Å². The summed E-state index contributed by atoms with van der Waals surface area (Å²) in [5, 5.41) is 5.29. The molecule has 2 atom stereocenters. The van der Waals surface area contributed by atoms with Crippen LogP contribution in [0, 0.1) is 11.7 Å². The Balaban J connectivity index is 1.97. The normalized spacial score (nSPS) is 21.0. The number of amides is 3. The van der Waals surface area contributed by atoms with Gasteiger partial charge in [-0.15, -0.1) is 0 Å². The highest BCUT2D eigenvalue weighted by Crippen LogP contribution is 2.24. The fourth-order valence-electron chi connectivity index (χ4n) is 2.72. The molecule has 0 spiro atoms. The maximum Gasteiger partial charge on any atom is 0.319 e. The highest BCUT2D eigenvalue weighted by molar-refractivity contribution is 5.90. The second-order valence-corrected chi connectivity index (χ2v) is 5.35. The molecule has 6 nitrogen and oxygen atoms in total. The first kappa shape index (κ1) is 16.1. The largest absolute Gasteiger partial charge is 0.494 e. The topological polar surface area (TPSA) is 93.4 Å². The molecule has 120 valence electrons. The van der Waals surface area contributed by atoms with E-state index < -0.39 is 17.8 Å². The van der Waals surface area contributed by atoms with Crippen molar-refractivity contribution in [3.05, 3.63) is 24.0 Å². The molecule has 1 saturated carbocycles. The van der Waals surface area contributed by atoms with E-state index in [1.54, 1.807) is 0 Å². The van der Waals surface area contributed by atoms with Crippen LogP contribution >= 0.6 is 0 Å². The van der Waals surface area contributed by atoms with Gasteiger partial charge in [-0.3, -0.25) is 4.79 Å². The molecule has 7 heteroatoms. The molecule has 0 radical (unpaired) electrons. The Morgan fingerprint density at radius 3 is 2.68 bits per heavy atom. The summed E-state index contributed by atoms with van der Waals surface area (Å²) < 4.78 is 18.4. The monoisotopic (exact) mass is 309 g/mol. The molecule has 3 amide bonds. The third-order valence-corrected chi connectivity index (χ3v) is 3.86. The molecule has 1 fully saturated rings. The van der Waals surface area contributed by atoms with Crippen molar-refractivity contribution in [2.24, 2.45) is 11.7 Å². The van der Waals surface area contributed by atoms with Gasteiger partial charge >= 0.3 is 6.03 Å². The van der Waals surface area contributed by atoms with Crippen LogP contribution in [-0.4, -0.2) is 25.1 Å². The second kappa shape index (κ2) is 7.11. The Morgan fingerprint density at radius 2 is 2.05 bits per heavy atom. The van der Waals surface area contributed by atoms with Crippen molar-refractivity contribution < 1.29 is 18.7 Å². The molecule has 1 aliphatic rings. The number of urea groups is 1. The second-order valence-electron chi connectivity index (χ2n) is 5.35. The molecule has 2 rings (SSSR count). The van der Waals surface area contributed by atoms with Crippen LogP contribution in [0.15, 0.2) is 18.2 Å². The number of nitrogens with one attached hydrogen (secondary N) is 2. The smallest absolute Gasteiger partial charge is 0.319 e. The van der Waals surface area contributed by atoms with E-state index in [1.807, 2.05) is 0 Å². The lowest BCUT2D eigenvalue weighted by Crippen LogP contribution is -2.48. The minimum Gasteiger partial charge on any atom is -0.494 e. The Hall–Kier alpha value is -2.31. The first-order valence-corrected chi connectivity index (χ1v) is 7.21. The summed E-state index contributed by atoms with van der Waals surface area (Å²) >= 11 is 0. The van der Waals surface area contributed by atoms with Gasteiger partial charge in [-0.2, -0.15) is 0 Å². The Morgan fingerprint density at radius 1 is 1.32 bits per heavy atom. The van der Waals surface area contributed by atoms with Crippen molar-refractivity contribution in [1.29, 1.82) is 0 Å². The molecule has 0 bridgehead atoms. The van der Waals surface area contributed by atoms with Crippen LogP contribution in [0.25, 0.3) is 0 Å². The number of rotatable bonds is 4. The van der Waals surface area contributed by atoms with Crippen LogP contribution in [0.1, 0.15) is 25.7 Å². The molecule has 1 aromatic rings. The van der Waals surface area contributed by atoms with Gasteiger partial charge in [-0.05, 0) is 25.0 Å². The summed E-state index contributed by atoms with van der Waals surface area (Å²) in [7, 11) is 1.37. The first-order valence-electron chi connectivity index (χ1n) is 7.21. The summed E-state index contributed by atoms with van der Waals surface area (Å²) in [5.41, 5.74) is 5.67. The van der Waals surface area contributed by atoms with Gasteiger partial charge in [-0.25, -0.2) is 9.18 Å². The minimum absolute atomic E-state index is 0.104. The number of halogens is 1. The molecule has 22 heavy (non-hydrogen) atoms. The lowest BCUT2D eigenvalue weighted by atomic mass is 9.84. The van der Waals surface area contributed by atoms with Crippen molar-refractivity contribution in [2.45, 2.75) is 31.7 Å². The number of nitrogens with two attached hydrogens (primary N) is 1. The van der Waals surface area contributed by atoms with Gasteiger partial charge in [0.15, 0.2) is 11.6 Å². The fraction of sp³-hybridized carbons (Fsp3) is 0.467. The lowest BCUT2D eigenvalue weighted by Gasteiger charge is -2.29. The molecule has 1 aliphatic carbocycles. The van der Waals surface area contributed by atoms with Gasteiger partial charge in [0.1, 0.15) is 0 Å². The van der Waals surface area contributed by atoms with E-state index in [2.05, 4.69) is 10.6 Å². The predicted molar refractivity (Wildman–Crippen MR) is 80.0 cm³/mol. The summed E-state index contributed by atoms with van der Waals surface area (Å²) in [6, 6.07) is 3.37. The van der Waals surface area contributed by atoms with E-state index in [9.17, 15) is 14.0 Å². The van der Waals surface area contributed by atoms with E-state index in [1.165, 1.54) is 25.3 Å². The van der Waals surface area contributed by atoms with Crippen molar-refractivity contribution in [3.8, 4) is 5.75 Å². The summed E-state index contributed by atoms with van der Waals surface area (Å²) in [6.07, 6.45) is 3.25. The number of benzene rings is 1. The number of primary amides is 1. The maximum absolute atomic E-state index is 13.6. The van der Waals surface area contributed by atoms with Crippen molar-refractivity contribution in [3.63, 3.8) is 0 Å². The zero-order valence-corrected chi connectivity index (χ0v) is 12.4. The van der Waals surface area contributed by atoms with Gasteiger partial charge < -0.3 is 21.1 Å². The van der Waals surface area contributed by atoms with Gasteiger partial charge in [0.25, 0.3) is 0 Å². The zero-order valence-electron chi connectivity index (χ0n) is 12.4. The molecule has 4 N–H and O–H groups in total. The van der Waals surface area contributed by atoms with E-state index in [-0.39, 0.29) is 17.7 Å². The number of ether oxygens (including phenoxy) is 1. The third kappa shape index (κ3) is 3.87.